The molecule has 3 nitrogen and oxygen atoms in total. The third kappa shape index (κ3) is 3.59. The van der Waals surface area contributed by atoms with Gasteiger partial charge in [-0.1, -0.05) is 57.1 Å². The molecule has 1 rings (SSSR count). The Morgan fingerprint density at radius 2 is 1.81 bits per heavy atom. The van der Waals surface area contributed by atoms with Crippen molar-refractivity contribution in [2.45, 2.75) is 45.6 Å². The molecular formula is C13H19N3. The molecule has 0 saturated heterocycles. The van der Waals surface area contributed by atoms with Crippen molar-refractivity contribution < 1.29 is 0 Å². The van der Waals surface area contributed by atoms with E-state index in [4.69, 9.17) is 5.53 Å². The molecule has 0 aliphatic rings. The molecule has 0 aliphatic carbocycles. The molecule has 0 amide bonds. The third-order valence-electron chi connectivity index (χ3n) is 2.60. The summed E-state index contributed by atoms with van der Waals surface area (Å²) in [4.78, 5) is 2.81. The Labute approximate surface area is 97.1 Å². The van der Waals surface area contributed by atoms with Crippen LogP contribution in [0.2, 0.25) is 0 Å². The van der Waals surface area contributed by atoms with Gasteiger partial charge in [-0.05, 0) is 28.5 Å². The van der Waals surface area contributed by atoms with Crippen molar-refractivity contribution >= 4 is 0 Å². The van der Waals surface area contributed by atoms with Crippen molar-refractivity contribution in [2.75, 3.05) is 0 Å². The van der Waals surface area contributed by atoms with Gasteiger partial charge in [0, 0.05) is 11.0 Å². The van der Waals surface area contributed by atoms with E-state index in [0.717, 1.165) is 6.42 Å². The number of azide groups is 1. The first-order chi connectivity index (χ1) is 7.43. The maximum atomic E-state index is 8.32. The summed E-state index contributed by atoms with van der Waals surface area (Å²) in [6, 6.07) is 8.55. The Hall–Kier alpha value is -1.47. The van der Waals surface area contributed by atoms with Crippen LogP contribution < -0.4 is 0 Å². The van der Waals surface area contributed by atoms with Crippen molar-refractivity contribution in [2.24, 2.45) is 5.11 Å². The van der Waals surface area contributed by atoms with Crippen LogP contribution in [0.25, 0.3) is 10.4 Å². The molecule has 1 aromatic carbocycles. The highest BCUT2D eigenvalue weighted by Gasteiger charge is 2.12. The Bertz CT molecular complexity index is 381. The maximum absolute atomic E-state index is 8.32. The fourth-order valence-corrected chi connectivity index (χ4v) is 1.61. The van der Waals surface area contributed by atoms with Crippen LogP contribution in [-0.4, -0.2) is 6.04 Å². The molecule has 1 aromatic rings. The monoisotopic (exact) mass is 217 g/mol. The van der Waals surface area contributed by atoms with Crippen LogP contribution in [0.1, 0.15) is 38.8 Å². The van der Waals surface area contributed by atoms with Gasteiger partial charge in [-0.15, -0.1) is 0 Å². The van der Waals surface area contributed by atoms with Gasteiger partial charge in [0.15, 0.2) is 0 Å². The normalized spacial score (nSPS) is 13.0. The summed E-state index contributed by atoms with van der Waals surface area (Å²) in [5, 5.41) is 3.67. The number of hydrogen-bond donors (Lipinski definition) is 0. The second-order valence-electron chi connectivity index (χ2n) is 5.20. The molecule has 86 valence electrons. The van der Waals surface area contributed by atoms with Crippen molar-refractivity contribution in [1.82, 2.24) is 0 Å². The first kappa shape index (κ1) is 12.6. The van der Waals surface area contributed by atoms with E-state index in [-0.39, 0.29) is 11.5 Å². The summed E-state index contributed by atoms with van der Waals surface area (Å²) in [5.74, 6) is 0. The van der Waals surface area contributed by atoms with Crippen LogP contribution in [0.3, 0.4) is 0 Å². The van der Waals surface area contributed by atoms with Gasteiger partial charge in [0.05, 0.1) is 0 Å². The van der Waals surface area contributed by atoms with E-state index in [1.165, 1.54) is 11.1 Å². The van der Waals surface area contributed by atoms with Gasteiger partial charge in [-0.25, -0.2) is 0 Å². The highest BCUT2D eigenvalue weighted by Crippen LogP contribution is 2.22. The van der Waals surface area contributed by atoms with Crippen LogP contribution in [-0.2, 0) is 11.8 Å². The van der Waals surface area contributed by atoms with Crippen molar-refractivity contribution in [3.8, 4) is 0 Å². The predicted octanol–water partition coefficient (Wildman–Crippen LogP) is 4.23. The van der Waals surface area contributed by atoms with Gasteiger partial charge in [0.25, 0.3) is 0 Å². The summed E-state index contributed by atoms with van der Waals surface area (Å²) < 4.78 is 0. The number of hydrogen-bond acceptors (Lipinski definition) is 1. The Balaban J connectivity index is 2.76. The molecule has 16 heavy (non-hydrogen) atoms. The topological polar surface area (TPSA) is 48.8 Å². The van der Waals surface area contributed by atoms with E-state index in [0.29, 0.717) is 0 Å². The Kier molecular flexibility index (Phi) is 3.97. The minimum absolute atomic E-state index is 0.0190. The summed E-state index contributed by atoms with van der Waals surface area (Å²) >= 11 is 0. The van der Waals surface area contributed by atoms with Gasteiger partial charge >= 0.3 is 0 Å². The molecule has 0 saturated carbocycles. The molecule has 0 fully saturated rings. The van der Waals surface area contributed by atoms with Crippen molar-refractivity contribution in [3.63, 3.8) is 0 Å². The standard InChI is InChI=1S/C13H19N3/c1-10(15-16-14)9-11-5-7-12(8-6-11)13(2,3)4/h5-8,10H,9H2,1-4H3. The minimum atomic E-state index is 0.0190. The first-order valence-electron chi connectivity index (χ1n) is 5.57. The lowest BCUT2D eigenvalue weighted by atomic mass is 9.86. The quantitative estimate of drug-likeness (QED) is 0.413. The first-order valence-corrected chi connectivity index (χ1v) is 5.57. The summed E-state index contributed by atoms with van der Waals surface area (Å²) in [6.07, 6.45) is 0.800. The van der Waals surface area contributed by atoms with Crippen LogP contribution in [0.4, 0.5) is 0 Å². The third-order valence-corrected chi connectivity index (χ3v) is 2.60. The van der Waals surface area contributed by atoms with Crippen LogP contribution >= 0.6 is 0 Å². The van der Waals surface area contributed by atoms with Gasteiger partial charge in [-0.2, -0.15) is 0 Å². The smallest absolute Gasteiger partial charge is 0.0386 e. The highest BCUT2D eigenvalue weighted by atomic mass is 15.1. The SMILES string of the molecule is CC(Cc1ccc(C(C)(C)C)cc1)N=[N+]=[N-]. The molecule has 3 heteroatoms. The fraction of sp³-hybridized carbons (Fsp3) is 0.538. The molecule has 1 atom stereocenters. The van der Waals surface area contributed by atoms with Gasteiger partial charge in [0.1, 0.15) is 0 Å². The van der Waals surface area contributed by atoms with Gasteiger partial charge in [0.2, 0.25) is 0 Å². The Morgan fingerprint density at radius 1 is 1.25 bits per heavy atom. The van der Waals surface area contributed by atoms with E-state index >= 15 is 0 Å². The Morgan fingerprint density at radius 3 is 2.25 bits per heavy atom. The number of benzene rings is 1. The van der Waals surface area contributed by atoms with E-state index < -0.39 is 0 Å². The van der Waals surface area contributed by atoms with Gasteiger partial charge in [-0.3, -0.25) is 0 Å². The molecular weight excluding hydrogens is 198 g/mol. The van der Waals surface area contributed by atoms with Crippen LogP contribution in [0, 0.1) is 0 Å². The zero-order chi connectivity index (χ0) is 12.2. The summed E-state index contributed by atoms with van der Waals surface area (Å²) in [6.45, 7) is 8.53. The lowest BCUT2D eigenvalue weighted by Gasteiger charge is -2.19. The zero-order valence-electron chi connectivity index (χ0n) is 10.4. The number of rotatable bonds is 3. The van der Waals surface area contributed by atoms with Crippen LogP contribution in [0.15, 0.2) is 29.4 Å². The van der Waals surface area contributed by atoms with Gasteiger partial charge < -0.3 is 0 Å². The molecule has 0 aliphatic heterocycles. The lowest BCUT2D eigenvalue weighted by molar-refractivity contribution is 0.589. The molecule has 0 N–H and O–H groups in total. The van der Waals surface area contributed by atoms with E-state index in [9.17, 15) is 0 Å². The number of nitrogens with zero attached hydrogens (tertiary/aromatic N) is 3. The molecule has 0 radical (unpaired) electrons. The average molecular weight is 217 g/mol. The zero-order valence-corrected chi connectivity index (χ0v) is 10.4. The largest absolute Gasteiger partial charge is 0.0906 e. The molecule has 0 aromatic heterocycles. The molecule has 0 heterocycles. The molecule has 0 bridgehead atoms. The predicted molar refractivity (Wildman–Crippen MR) is 67.5 cm³/mol. The molecule has 0 spiro atoms. The highest BCUT2D eigenvalue weighted by molar-refractivity contribution is 5.27. The maximum Gasteiger partial charge on any atom is 0.0386 e. The van der Waals surface area contributed by atoms with E-state index in [1.807, 2.05) is 6.92 Å². The van der Waals surface area contributed by atoms with E-state index in [1.54, 1.807) is 0 Å². The van der Waals surface area contributed by atoms with Crippen molar-refractivity contribution in [3.05, 3.63) is 45.8 Å². The average Bonchev–Trinajstić information content (AvgIpc) is 2.17. The second kappa shape index (κ2) is 5.04. The molecule has 1 unspecified atom stereocenters. The second-order valence-corrected chi connectivity index (χ2v) is 5.20. The lowest BCUT2D eigenvalue weighted by Crippen LogP contribution is -2.11. The minimum Gasteiger partial charge on any atom is -0.0906 e. The van der Waals surface area contributed by atoms with Crippen molar-refractivity contribution in [1.29, 1.82) is 0 Å². The van der Waals surface area contributed by atoms with Crippen LogP contribution in [0.5, 0.6) is 0 Å². The summed E-state index contributed by atoms with van der Waals surface area (Å²) in [7, 11) is 0. The summed E-state index contributed by atoms with van der Waals surface area (Å²) in [5.41, 5.74) is 11.1. The van der Waals surface area contributed by atoms with E-state index in [2.05, 4.69) is 55.1 Å². The fourth-order valence-electron chi connectivity index (χ4n) is 1.61.